The van der Waals surface area contributed by atoms with Crippen molar-refractivity contribution in [1.29, 1.82) is 0 Å². The Labute approximate surface area is 207 Å². The summed E-state index contributed by atoms with van der Waals surface area (Å²) < 4.78 is 28.4. The number of nitrogens with one attached hydrogen (secondary N) is 1. The van der Waals surface area contributed by atoms with Crippen LogP contribution in [-0.4, -0.2) is 51.3 Å². The standard InChI is InChI=1S/C27H31N3O4S/c1-21-12-10-11-17-25(21)30(35(33,34)24-15-8-5-9-16-24)20-26(31)29(22(2)27(32)28-3)19-18-23-13-6-4-7-14-23/h4-17,22H,18-20H2,1-3H3,(H,28,32)/t22-/m1/s1. The molecule has 0 spiro atoms. The molecule has 2 amide bonds. The topological polar surface area (TPSA) is 86.8 Å². The summed E-state index contributed by atoms with van der Waals surface area (Å²) in [5, 5.41) is 2.58. The number of amides is 2. The summed E-state index contributed by atoms with van der Waals surface area (Å²) in [6, 6.07) is 23.9. The number of nitrogens with zero attached hydrogens (tertiary/aromatic N) is 2. The van der Waals surface area contributed by atoms with Gasteiger partial charge in [-0.3, -0.25) is 13.9 Å². The van der Waals surface area contributed by atoms with Crippen LogP contribution in [0.4, 0.5) is 5.69 Å². The third kappa shape index (κ3) is 6.27. The largest absolute Gasteiger partial charge is 0.357 e. The lowest BCUT2D eigenvalue weighted by atomic mass is 10.1. The summed E-state index contributed by atoms with van der Waals surface area (Å²) in [7, 11) is -2.53. The summed E-state index contributed by atoms with van der Waals surface area (Å²) in [6.07, 6.45) is 0.531. The van der Waals surface area contributed by atoms with Crippen LogP contribution in [0, 0.1) is 6.92 Å². The van der Waals surface area contributed by atoms with E-state index in [1.165, 1.54) is 24.1 Å². The van der Waals surface area contributed by atoms with Gasteiger partial charge in [-0.1, -0.05) is 66.7 Å². The molecule has 0 fully saturated rings. The van der Waals surface area contributed by atoms with E-state index < -0.39 is 28.5 Å². The quantitative estimate of drug-likeness (QED) is 0.469. The van der Waals surface area contributed by atoms with Gasteiger partial charge in [0.15, 0.2) is 0 Å². The molecule has 0 bridgehead atoms. The Morgan fingerprint density at radius 3 is 2.06 bits per heavy atom. The number of carbonyl (C=O) groups excluding carboxylic acids is 2. The van der Waals surface area contributed by atoms with E-state index in [4.69, 9.17) is 0 Å². The van der Waals surface area contributed by atoms with E-state index in [2.05, 4.69) is 5.32 Å². The maximum atomic E-state index is 13.7. The van der Waals surface area contributed by atoms with Gasteiger partial charge in [0.05, 0.1) is 10.6 Å². The summed E-state index contributed by atoms with van der Waals surface area (Å²) >= 11 is 0. The molecule has 8 heteroatoms. The maximum Gasteiger partial charge on any atom is 0.264 e. The highest BCUT2D eigenvalue weighted by Gasteiger charge is 2.32. The number of sulfonamides is 1. The van der Waals surface area contributed by atoms with E-state index in [0.717, 1.165) is 15.4 Å². The van der Waals surface area contributed by atoms with Gasteiger partial charge >= 0.3 is 0 Å². The molecule has 0 heterocycles. The van der Waals surface area contributed by atoms with Gasteiger partial charge in [-0.25, -0.2) is 8.42 Å². The van der Waals surface area contributed by atoms with Crippen LogP contribution in [0.1, 0.15) is 18.1 Å². The van der Waals surface area contributed by atoms with E-state index in [1.54, 1.807) is 50.2 Å². The predicted molar refractivity (Wildman–Crippen MR) is 138 cm³/mol. The number of likely N-dealkylation sites (N-methyl/N-ethyl adjacent to an activating group) is 1. The van der Waals surface area contributed by atoms with Crippen molar-refractivity contribution < 1.29 is 18.0 Å². The number of aryl methyl sites for hydroxylation is 1. The smallest absolute Gasteiger partial charge is 0.264 e. The van der Waals surface area contributed by atoms with Gasteiger partial charge in [0.1, 0.15) is 12.6 Å². The van der Waals surface area contributed by atoms with Crippen molar-refractivity contribution in [1.82, 2.24) is 10.2 Å². The molecule has 1 atom stereocenters. The van der Waals surface area contributed by atoms with Crippen molar-refractivity contribution in [3.05, 3.63) is 96.1 Å². The monoisotopic (exact) mass is 493 g/mol. The number of rotatable bonds is 10. The summed E-state index contributed by atoms with van der Waals surface area (Å²) in [5.41, 5.74) is 2.15. The summed E-state index contributed by atoms with van der Waals surface area (Å²) in [4.78, 5) is 27.6. The molecule has 0 aliphatic rings. The first-order chi connectivity index (χ1) is 16.8. The normalized spacial score (nSPS) is 12.0. The zero-order chi connectivity index (χ0) is 25.4. The molecule has 7 nitrogen and oxygen atoms in total. The molecule has 0 saturated carbocycles. The first-order valence-corrected chi connectivity index (χ1v) is 12.9. The second-order valence-corrected chi connectivity index (χ2v) is 10.1. The second kappa shape index (κ2) is 11.7. The Kier molecular flexibility index (Phi) is 8.65. The maximum absolute atomic E-state index is 13.7. The Hall–Kier alpha value is -3.65. The molecule has 0 unspecified atom stereocenters. The minimum atomic E-state index is -4.04. The molecule has 0 saturated heterocycles. The number of carbonyl (C=O) groups is 2. The highest BCUT2D eigenvalue weighted by Crippen LogP contribution is 2.27. The molecule has 0 radical (unpaired) electrons. The van der Waals surface area contributed by atoms with Crippen LogP contribution in [-0.2, 0) is 26.0 Å². The Bertz CT molecular complexity index is 1250. The zero-order valence-corrected chi connectivity index (χ0v) is 21.0. The molecule has 1 N–H and O–H groups in total. The lowest BCUT2D eigenvalue weighted by Gasteiger charge is -2.32. The Morgan fingerprint density at radius 1 is 0.886 bits per heavy atom. The van der Waals surface area contributed by atoms with Gasteiger partial charge in [-0.2, -0.15) is 0 Å². The van der Waals surface area contributed by atoms with Crippen molar-refractivity contribution in [2.24, 2.45) is 0 Å². The second-order valence-electron chi connectivity index (χ2n) is 8.22. The fourth-order valence-electron chi connectivity index (χ4n) is 3.86. The highest BCUT2D eigenvalue weighted by atomic mass is 32.2. The molecule has 0 aliphatic carbocycles. The molecule has 3 rings (SSSR count). The van der Waals surface area contributed by atoms with Crippen LogP contribution in [0.15, 0.2) is 89.8 Å². The molecule has 0 aromatic heterocycles. The van der Waals surface area contributed by atoms with E-state index in [1.807, 2.05) is 36.4 Å². The van der Waals surface area contributed by atoms with Crippen molar-refractivity contribution in [3.63, 3.8) is 0 Å². The summed E-state index contributed by atoms with van der Waals surface area (Å²) in [6.45, 7) is 3.28. The van der Waals surface area contributed by atoms with Gasteiger partial charge in [0.25, 0.3) is 10.0 Å². The average Bonchev–Trinajstić information content (AvgIpc) is 2.88. The lowest BCUT2D eigenvalue weighted by molar-refractivity contribution is -0.138. The summed E-state index contributed by atoms with van der Waals surface area (Å²) in [5.74, 6) is -0.778. The van der Waals surface area contributed by atoms with Crippen LogP contribution < -0.4 is 9.62 Å². The highest BCUT2D eigenvalue weighted by molar-refractivity contribution is 7.92. The average molecular weight is 494 g/mol. The number of hydrogen-bond acceptors (Lipinski definition) is 4. The predicted octanol–water partition coefficient (Wildman–Crippen LogP) is 3.40. The van der Waals surface area contributed by atoms with Crippen molar-refractivity contribution in [2.75, 3.05) is 24.4 Å². The molecular weight excluding hydrogens is 462 g/mol. The minimum absolute atomic E-state index is 0.0891. The number of benzene rings is 3. The minimum Gasteiger partial charge on any atom is -0.357 e. The SMILES string of the molecule is CNC(=O)[C@@H](C)N(CCc1ccccc1)C(=O)CN(c1ccccc1C)S(=O)(=O)c1ccccc1. The molecule has 3 aromatic rings. The number of hydrogen-bond donors (Lipinski definition) is 1. The van der Waals surface area contributed by atoms with Crippen LogP contribution in [0.3, 0.4) is 0 Å². The molecule has 3 aromatic carbocycles. The van der Waals surface area contributed by atoms with Crippen LogP contribution >= 0.6 is 0 Å². The van der Waals surface area contributed by atoms with Crippen LogP contribution in [0.25, 0.3) is 0 Å². The zero-order valence-electron chi connectivity index (χ0n) is 20.2. The Morgan fingerprint density at radius 2 is 1.46 bits per heavy atom. The third-order valence-corrected chi connectivity index (χ3v) is 7.67. The van der Waals surface area contributed by atoms with Crippen molar-refractivity contribution in [2.45, 2.75) is 31.2 Å². The first-order valence-electron chi connectivity index (χ1n) is 11.4. The third-order valence-electron chi connectivity index (χ3n) is 5.89. The molecule has 0 aliphatic heterocycles. The van der Waals surface area contributed by atoms with E-state index >= 15 is 0 Å². The first kappa shape index (κ1) is 26.0. The van der Waals surface area contributed by atoms with Gasteiger partial charge in [0.2, 0.25) is 11.8 Å². The van der Waals surface area contributed by atoms with E-state index in [0.29, 0.717) is 12.1 Å². The Balaban J connectivity index is 1.97. The van der Waals surface area contributed by atoms with Crippen LogP contribution in [0.5, 0.6) is 0 Å². The van der Waals surface area contributed by atoms with Crippen molar-refractivity contribution >= 4 is 27.5 Å². The van der Waals surface area contributed by atoms with E-state index in [9.17, 15) is 18.0 Å². The molecule has 35 heavy (non-hydrogen) atoms. The number of anilines is 1. The van der Waals surface area contributed by atoms with Crippen LogP contribution in [0.2, 0.25) is 0 Å². The molecular formula is C27H31N3O4S. The fraction of sp³-hybridized carbons (Fsp3) is 0.259. The van der Waals surface area contributed by atoms with Crippen molar-refractivity contribution in [3.8, 4) is 0 Å². The van der Waals surface area contributed by atoms with Gasteiger partial charge in [0, 0.05) is 13.6 Å². The van der Waals surface area contributed by atoms with Gasteiger partial charge in [-0.05, 0) is 49.6 Å². The number of para-hydroxylation sites is 1. The fourth-order valence-corrected chi connectivity index (χ4v) is 5.35. The lowest BCUT2D eigenvalue weighted by Crippen LogP contribution is -2.51. The molecule has 184 valence electrons. The van der Waals surface area contributed by atoms with Gasteiger partial charge in [-0.15, -0.1) is 0 Å². The van der Waals surface area contributed by atoms with Gasteiger partial charge < -0.3 is 10.2 Å². The van der Waals surface area contributed by atoms with E-state index in [-0.39, 0.29) is 17.3 Å².